The third-order valence-electron chi connectivity index (χ3n) is 2.09. The van der Waals surface area contributed by atoms with Crippen LogP contribution in [-0.4, -0.2) is 0 Å². The van der Waals surface area contributed by atoms with Crippen molar-refractivity contribution in [2.45, 2.75) is 0 Å². The highest BCUT2D eigenvalue weighted by Gasteiger charge is 2.08. The minimum Gasteiger partial charge on any atom is -0.455 e. The van der Waals surface area contributed by atoms with Gasteiger partial charge in [-0.3, -0.25) is 0 Å². The molecule has 2 nitrogen and oxygen atoms in total. The minimum atomic E-state index is -0.579. The minimum absolute atomic E-state index is 0.0362. The fourth-order valence-corrected chi connectivity index (χ4v) is 1.56. The van der Waals surface area contributed by atoms with E-state index in [-0.39, 0.29) is 16.5 Å². The third-order valence-corrected chi connectivity index (χ3v) is 2.64. The zero-order valence-electron chi connectivity index (χ0n) is 8.58. The van der Waals surface area contributed by atoms with Gasteiger partial charge in [-0.15, -0.1) is 0 Å². The molecule has 0 saturated carbocycles. The molecule has 0 fully saturated rings. The van der Waals surface area contributed by atoms with Gasteiger partial charge in [0, 0.05) is 11.1 Å². The van der Waals surface area contributed by atoms with Gasteiger partial charge in [0.25, 0.3) is 0 Å². The summed E-state index contributed by atoms with van der Waals surface area (Å²) < 4.78 is 18.7. The Morgan fingerprint density at radius 2 is 1.71 bits per heavy atom. The van der Waals surface area contributed by atoms with Crippen molar-refractivity contribution in [3.63, 3.8) is 0 Å². The molecule has 0 aliphatic heterocycles. The fraction of sp³-hybridized carbons (Fsp3) is 0. The standard InChI is InChI=1S/C12H8Cl2FNO/c13-7-1-3-8(4-2-7)17-12-6-10(15)9(14)5-11(12)16/h1-6H,16H2. The summed E-state index contributed by atoms with van der Waals surface area (Å²) >= 11 is 11.3. The summed E-state index contributed by atoms with van der Waals surface area (Å²) in [7, 11) is 0. The van der Waals surface area contributed by atoms with Crippen molar-refractivity contribution >= 4 is 28.9 Å². The Balaban J connectivity index is 2.30. The van der Waals surface area contributed by atoms with Crippen LogP contribution in [-0.2, 0) is 0 Å². The molecule has 0 aliphatic carbocycles. The maximum absolute atomic E-state index is 13.2. The monoisotopic (exact) mass is 271 g/mol. The summed E-state index contributed by atoms with van der Waals surface area (Å²) in [5.41, 5.74) is 5.94. The Bertz CT molecular complexity index is 543. The average Bonchev–Trinajstić information content (AvgIpc) is 2.29. The van der Waals surface area contributed by atoms with Crippen LogP contribution in [0.2, 0.25) is 10.0 Å². The van der Waals surface area contributed by atoms with E-state index >= 15 is 0 Å². The van der Waals surface area contributed by atoms with Crippen LogP contribution < -0.4 is 10.5 Å². The number of rotatable bonds is 2. The predicted octanol–water partition coefficient (Wildman–Crippen LogP) is 4.51. The fourth-order valence-electron chi connectivity index (χ4n) is 1.26. The van der Waals surface area contributed by atoms with Crippen molar-refractivity contribution in [3.05, 3.63) is 52.3 Å². The van der Waals surface area contributed by atoms with Crippen LogP contribution in [0.15, 0.2) is 36.4 Å². The summed E-state index contributed by atoms with van der Waals surface area (Å²) in [4.78, 5) is 0. The van der Waals surface area contributed by atoms with Gasteiger partial charge in [-0.1, -0.05) is 23.2 Å². The maximum Gasteiger partial charge on any atom is 0.153 e. The molecular weight excluding hydrogens is 264 g/mol. The van der Waals surface area contributed by atoms with Crippen LogP contribution in [0.25, 0.3) is 0 Å². The lowest BCUT2D eigenvalue weighted by atomic mass is 10.3. The van der Waals surface area contributed by atoms with E-state index in [9.17, 15) is 4.39 Å². The lowest BCUT2D eigenvalue weighted by Crippen LogP contribution is -1.93. The van der Waals surface area contributed by atoms with Gasteiger partial charge in [0.15, 0.2) is 5.75 Å². The molecule has 0 aromatic heterocycles. The topological polar surface area (TPSA) is 35.2 Å². The van der Waals surface area contributed by atoms with Crippen molar-refractivity contribution in [1.29, 1.82) is 0 Å². The van der Waals surface area contributed by atoms with Crippen molar-refractivity contribution < 1.29 is 9.13 Å². The molecule has 2 aromatic rings. The summed E-state index contributed by atoms with van der Waals surface area (Å²) in [5.74, 6) is 0.155. The first-order chi connectivity index (χ1) is 8.06. The number of hydrogen-bond donors (Lipinski definition) is 1. The van der Waals surface area contributed by atoms with E-state index in [4.69, 9.17) is 33.7 Å². The van der Waals surface area contributed by atoms with Gasteiger partial charge >= 0.3 is 0 Å². The summed E-state index contributed by atoms with van der Waals surface area (Å²) in [6.45, 7) is 0. The van der Waals surface area contributed by atoms with Crippen molar-refractivity contribution in [2.75, 3.05) is 5.73 Å². The van der Waals surface area contributed by atoms with Crippen LogP contribution in [0.3, 0.4) is 0 Å². The molecule has 2 rings (SSSR count). The first-order valence-electron chi connectivity index (χ1n) is 4.74. The molecule has 2 N–H and O–H groups in total. The summed E-state index contributed by atoms with van der Waals surface area (Å²) in [6.07, 6.45) is 0. The van der Waals surface area contributed by atoms with Crippen molar-refractivity contribution in [1.82, 2.24) is 0 Å². The number of nitrogens with two attached hydrogens (primary N) is 1. The molecule has 0 bridgehead atoms. The Morgan fingerprint density at radius 3 is 2.35 bits per heavy atom. The number of hydrogen-bond acceptors (Lipinski definition) is 2. The van der Waals surface area contributed by atoms with Gasteiger partial charge in [-0.25, -0.2) is 4.39 Å². The van der Waals surface area contributed by atoms with E-state index in [1.165, 1.54) is 6.07 Å². The Hall–Kier alpha value is -1.45. The van der Waals surface area contributed by atoms with Crippen LogP contribution in [0, 0.1) is 5.82 Å². The molecule has 0 saturated heterocycles. The second kappa shape index (κ2) is 4.82. The number of anilines is 1. The van der Waals surface area contributed by atoms with Crippen LogP contribution in [0.4, 0.5) is 10.1 Å². The molecule has 0 spiro atoms. The SMILES string of the molecule is Nc1cc(Cl)c(F)cc1Oc1ccc(Cl)cc1. The molecule has 0 radical (unpaired) electrons. The zero-order valence-corrected chi connectivity index (χ0v) is 10.1. The second-order valence-corrected chi connectivity index (χ2v) is 4.20. The van der Waals surface area contributed by atoms with E-state index in [2.05, 4.69) is 0 Å². The molecule has 2 aromatic carbocycles. The van der Waals surface area contributed by atoms with Gasteiger partial charge in [-0.2, -0.15) is 0 Å². The van der Waals surface area contributed by atoms with Gasteiger partial charge in [0.05, 0.1) is 10.7 Å². The van der Waals surface area contributed by atoms with E-state index < -0.39 is 5.82 Å². The number of benzene rings is 2. The third kappa shape index (κ3) is 2.81. The van der Waals surface area contributed by atoms with Crippen molar-refractivity contribution in [3.8, 4) is 11.5 Å². The molecule has 0 unspecified atom stereocenters. The summed E-state index contributed by atoms with van der Waals surface area (Å²) in [5, 5.41) is 0.554. The number of halogens is 3. The molecular formula is C12H8Cl2FNO. The molecule has 5 heteroatoms. The van der Waals surface area contributed by atoms with Crippen LogP contribution in [0.5, 0.6) is 11.5 Å². The second-order valence-electron chi connectivity index (χ2n) is 3.36. The highest BCUT2D eigenvalue weighted by atomic mass is 35.5. The molecule has 88 valence electrons. The van der Waals surface area contributed by atoms with E-state index in [0.717, 1.165) is 6.07 Å². The predicted molar refractivity (Wildman–Crippen MR) is 67.3 cm³/mol. The molecule has 17 heavy (non-hydrogen) atoms. The van der Waals surface area contributed by atoms with Crippen molar-refractivity contribution in [2.24, 2.45) is 0 Å². The molecule has 0 atom stereocenters. The first kappa shape index (κ1) is 12.0. The van der Waals surface area contributed by atoms with Gasteiger partial charge in [-0.05, 0) is 30.3 Å². The Kier molecular flexibility index (Phi) is 3.41. The normalized spacial score (nSPS) is 10.3. The Labute approximate surface area is 108 Å². The van der Waals surface area contributed by atoms with Crippen LogP contribution >= 0.6 is 23.2 Å². The van der Waals surface area contributed by atoms with E-state index in [1.54, 1.807) is 24.3 Å². The lowest BCUT2D eigenvalue weighted by Gasteiger charge is -2.09. The zero-order chi connectivity index (χ0) is 12.4. The smallest absolute Gasteiger partial charge is 0.153 e. The number of ether oxygens (including phenoxy) is 1. The Morgan fingerprint density at radius 1 is 1.06 bits per heavy atom. The number of nitrogen functional groups attached to an aromatic ring is 1. The van der Waals surface area contributed by atoms with Gasteiger partial charge in [0.2, 0.25) is 0 Å². The van der Waals surface area contributed by atoms with Gasteiger partial charge in [0.1, 0.15) is 11.6 Å². The molecule has 0 heterocycles. The largest absolute Gasteiger partial charge is 0.455 e. The lowest BCUT2D eigenvalue weighted by molar-refractivity contribution is 0.479. The highest BCUT2D eigenvalue weighted by Crippen LogP contribution is 2.32. The van der Waals surface area contributed by atoms with Crippen LogP contribution in [0.1, 0.15) is 0 Å². The highest BCUT2D eigenvalue weighted by molar-refractivity contribution is 6.31. The van der Waals surface area contributed by atoms with Gasteiger partial charge < -0.3 is 10.5 Å². The van der Waals surface area contributed by atoms with E-state index in [0.29, 0.717) is 10.8 Å². The average molecular weight is 272 g/mol. The van der Waals surface area contributed by atoms with E-state index in [1.807, 2.05) is 0 Å². The first-order valence-corrected chi connectivity index (χ1v) is 5.50. The maximum atomic E-state index is 13.2. The quantitative estimate of drug-likeness (QED) is 0.816. The summed E-state index contributed by atoms with van der Waals surface area (Å²) in [6, 6.07) is 9.11. The molecule has 0 aliphatic rings. The molecule has 0 amide bonds.